The van der Waals surface area contributed by atoms with Gasteiger partial charge in [-0.2, -0.15) is 0 Å². The molecule has 0 aliphatic carbocycles. The van der Waals surface area contributed by atoms with E-state index >= 15 is 0 Å². The number of carbonyl (C=O) groups is 2. The van der Waals surface area contributed by atoms with Gasteiger partial charge in [-0.1, -0.05) is 78.0 Å². The van der Waals surface area contributed by atoms with Crippen molar-refractivity contribution in [2.45, 2.75) is 19.4 Å². The minimum absolute atomic E-state index is 0.0566. The number of hydrogen-bond acceptors (Lipinski definition) is 5. The summed E-state index contributed by atoms with van der Waals surface area (Å²) in [4.78, 5) is 25.6. The van der Waals surface area contributed by atoms with Gasteiger partial charge in [0.05, 0.1) is 6.42 Å². The number of ether oxygens (including phenoxy) is 1. The van der Waals surface area contributed by atoms with Crippen LogP contribution in [0.4, 0.5) is 5.82 Å². The van der Waals surface area contributed by atoms with Crippen LogP contribution >= 0.6 is 0 Å². The van der Waals surface area contributed by atoms with Crippen LogP contribution in [0.15, 0.2) is 83.4 Å². The lowest BCUT2D eigenvalue weighted by molar-refractivity contribution is -0.154. The summed E-state index contributed by atoms with van der Waals surface area (Å²) in [7, 11) is 0. The number of nitrogens with one attached hydrogen (secondary N) is 1. The van der Waals surface area contributed by atoms with E-state index in [2.05, 4.69) is 10.5 Å². The molecule has 1 amide bonds. The first-order valence-corrected chi connectivity index (χ1v) is 9.55. The molecule has 0 aliphatic heterocycles. The fraction of sp³-hybridized carbons (Fsp3) is 0.125. The zero-order chi connectivity index (χ0) is 20.9. The van der Waals surface area contributed by atoms with Crippen molar-refractivity contribution >= 4 is 28.5 Å². The molecule has 1 aromatic heterocycles. The Labute approximate surface area is 173 Å². The van der Waals surface area contributed by atoms with Crippen molar-refractivity contribution in [1.29, 1.82) is 0 Å². The zero-order valence-electron chi connectivity index (χ0n) is 16.4. The number of amides is 1. The van der Waals surface area contributed by atoms with E-state index in [1.54, 1.807) is 37.3 Å². The summed E-state index contributed by atoms with van der Waals surface area (Å²) < 4.78 is 10.6. The van der Waals surface area contributed by atoms with Gasteiger partial charge in [0.1, 0.15) is 5.76 Å². The molecule has 4 rings (SSSR count). The second-order valence-electron chi connectivity index (χ2n) is 6.91. The Morgan fingerprint density at radius 2 is 1.73 bits per heavy atom. The largest absolute Gasteiger partial charge is 0.447 e. The van der Waals surface area contributed by atoms with Gasteiger partial charge in [0.15, 0.2) is 5.82 Å². The molecule has 0 bridgehead atoms. The first kappa shape index (κ1) is 19.4. The van der Waals surface area contributed by atoms with Crippen molar-refractivity contribution in [1.82, 2.24) is 5.16 Å². The molecular weight excluding hydrogens is 380 g/mol. The lowest BCUT2D eigenvalue weighted by Crippen LogP contribution is -2.26. The van der Waals surface area contributed by atoms with Crippen LogP contribution in [0.25, 0.3) is 10.8 Å². The molecule has 0 saturated heterocycles. The molecule has 0 spiro atoms. The minimum Gasteiger partial charge on any atom is -0.447 e. The molecule has 1 N–H and O–H groups in total. The predicted octanol–water partition coefficient (Wildman–Crippen LogP) is 4.60. The summed E-state index contributed by atoms with van der Waals surface area (Å²) in [6.07, 6.45) is -1.05. The summed E-state index contributed by atoms with van der Waals surface area (Å²) in [5.74, 6) is -0.162. The SMILES string of the molecule is Cc1cc(NC(=O)C(OC(=O)Cc2cccc3ccccc23)c2ccccc2)no1. The number of esters is 1. The lowest BCUT2D eigenvalue weighted by Gasteiger charge is -2.17. The third-order valence-electron chi connectivity index (χ3n) is 4.68. The van der Waals surface area contributed by atoms with Crippen LogP contribution in [0.3, 0.4) is 0 Å². The van der Waals surface area contributed by atoms with Gasteiger partial charge < -0.3 is 14.6 Å². The van der Waals surface area contributed by atoms with Gasteiger partial charge in [-0.25, -0.2) is 0 Å². The maximum atomic E-state index is 12.9. The van der Waals surface area contributed by atoms with E-state index in [1.807, 2.05) is 48.5 Å². The molecule has 6 heteroatoms. The van der Waals surface area contributed by atoms with Crippen molar-refractivity contribution in [3.8, 4) is 0 Å². The molecule has 0 aliphatic rings. The molecule has 1 atom stereocenters. The van der Waals surface area contributed by atoms with Gasteiger partial charge in [-0.3, -0.25) is 9.59 Å². The fourth-order valence-corrected chi connectivity index (χ4v) is 3.29. The average molecular weight is 400 g/mol. The summed E-state index contributed by atoms with van der Waals surface area (Å²) in [6.45, 7) is 1.72. The van der Waals surface area contributed by atoms with Crippen LogP contribution in [-0.4, -0.2) is 17.0 Å². The van der Waals surface area contributed by atoms with Crippen LogP contribution < -0.4 is 5.32 Å². The highest BCUT2D eigenvalue weighted by molar-refractivity contribution is 5.96. The molecule has 150 valence electrons. The Morgan fingerprint density at radius 1 is 1.00 bits per heavy atom. The monoisotopic (exact) mass is 400 g/mol. The van der Waals surface area contributed by atoms with Gasteiger partial charge in [-0.05, 0) is 23.3 Å². The maximum absolute atomic E-state index is 12.9. The highest BCUT2D eigenvalue weighted by Gasteiger charge is 2.26. The normalized spacial score (nSPS) is 11.8. The first-order chi connectivity index (χ1) is 14.6. The van der Waals surface area contributed by atoms with Crippen molar-refractivity contribution < 1.29 is 18.8 Å². The van der Waals surface area contributed by atoms with Crippen LogP contribution in [0, 0.1) is 6.92 Å². The van der Waals surface area contributed by atoms with E-state index in [1.165, 1.54) is 0 Å². The van der Waals surface area contributed by atoms with Crippen LogP contribution in [0.1, 0.15) is 23.0 Å². The topological polar surface area (TPSA) is 81.4 Å². The van der Waals surface area contributed by atoms with E-state index in [9.17, 15) is 9.59 Å². The Balaban J connectivity index is 1.55. The van der Waals surface area contributed by atoms with E-state index in [-0.39, 0.29) is 12.2 Å². The molecule has 3 aromatic carbocycles. The number of fused-ring (bicyclic) bond motifs is 1. The Morgan fingerprint density at radius 3 is 2.50 bits per heavy atom. The molecule has 0 saturated carbocycles. The Hall–Kier alpha value is -3.93. The second kappa shape index (κ2) is 8.61. The Kier molecular flexibility index (Phi) is 5.57. The third kappa shape index (κ3) is 4.38. The van der Waals surface area contributed by atoms with E-state index in [4.69, 9.17) is 9.26 Å². The molecular formula is C24H20N2O4. The standard InChI is InChI=1S/C24H20N2O4/c1-16-14-21(26-30-16)25-24(28)23(18-9-3-2-4-10-18)29-22(27)15-19-12-7-11-17-8-5-6-13-20(17)19/h2-14,23H,15H2,1H3,(H,25,26,28). The fourth-order valence-electron chi connectivity index (χ4n) is 3.29. The second-order valence-corrected chi connectivity index (χ2v) is 6.91. The average Bonchev–Trinajstić information content (AvgIpc) is 3.17. The van der Waals surface area contributed by atoms with E-state index in [0.717, 1.165) is 16.3 Å². The smallest absolute Gasteiger partial charge is 0.311 e. The lowest BCUT2D eigenvalue weighted by atomic mass is 10.0. The van der Waals surface area contributed by atoms with E-state index in [0.29, 0.717) is 11.3 Å². The highest BCUT2D eigenvalue weighted by Crippen LogP contribution is 2.23. The third-order valence-corrected chi connectivity index (χ3v) is 4.68. The summed E-state index contributed by atoms with van der Waals surface area (Å²) in [5.41, 5.74) is 1.42. The predicted molar refractivity (Wildman–Crippen MR) is 113 cm³/mol. The quantitative estimate of drug-likeness (QED) is 0.478. The van der Waals surface area contributed by atoms with Crippen molar-refractivity contribution in [3.05, 3.63) is 95.7 Å². The number of benzene rings is 3. The number of aryl methyl sites for hydroxylation is 1. The minimum atomic E-state index is -1.11. The van der Waals surface area contributed by atoms with Gasteiger partial charge in [-0.15, -0.1) is 0 Å². The number of carbonyl (C=O) groups excluding carboxylic acids is 2. The number of rotatable bonds is 6. The Bertz CT molecular complexity index is 1180. The number of nitrogens with zero attached hydrogens (tertiary/aromatic N) is 1. The van der Waals surface area contributed by atoms with Gasteiger partial charge in [0.2, 0.25) is 6.10 Å². The number of aromatic nitrogens is 1. The number of hydrogen-bond donors (Lipinski definition) is 1. The molecule has 0 fully saturated rings. The van der Waals surface area contributed by atoms with E-state index < -0.39 is 18.0 Å². The van der Waals surface area contributed by atoms with Crippen LogP contribution in [-0.2, 0) is 20.7 Å². The molecule has 6 nitrogen and oxygen atoms in total. The molecule has 1 heterocycles. The summed E-state index contributed by atoms with van der Waals surface area (Å²) in [6, 6.07) is 24.1. The zero-order valence-corrected chi connectivity index (χ0v) is 16.4. The van der Waals surface area contributed by atoms with Gasteiger partial charge in [0, 0.05) is 11.6 Å². The van der Waals surface area contributed by atoms with Crippen molar-refractivity contribution in [3.63, 3.8) is 0 Å². The maximum Gasteiger partial charge on any atom is 0.311 e. The first-order valence-electron chi connectivity index (χ1n) is 9.55. The van der Waals surface area contributed by atoms with Crippen LogP contribution in [0.2, 0.25) is 0 Å². The summed E-state index contributed by atoms with van der Waals surface area (Å²) in [5, 5.41) is 8.43. The molecule has 1 unspecified atom stereocenters. The summed E-state index contributed by atoms with van der Waals surface area (Å²) >= 11 is 0. The van der Waals surface area contributed by atoms with Crippen LogP contribution in [0.5, 0.6) is 0 Å². The van der Waals surface area contributed by atoms with Gasteiger partial charge >= 0.3 is 5.97 Å². The van der Waals surface area contributed by atoms with Gasteiger partial charge in [0.25, 0.3) is 5.91 Å². The molecule has 0 radical (unpaired) electrons. The number of anilines is 1. The highest BCUT2D eigenvalue weighted by atomic mass is 16.5. The molecule has 30 heavy (non-hydrogen) atoms. The van der Waals surface area contributed by atoms with Crippen molar-refractivity contribution in [2.24, 2.45) is 0 Å². The molecule has 4 aromatic rings. The van der Waals surface area contributed by atoms with Crippen molar-refractivity contribution in [2.75, 3.05) is 5.32 Å².